The van der Waals surface area contributed by atoms with E-state index in [4.69, 9.17) is 1.41 Å². The molecule has 1 fully saturated rings. The van der Waals surface area contributed by atoms with E-state index in [1.54, 1.807) is 0 Å². The van der Waals surface area contributed by atoms with Gasteiger partial charge >= 0.3 is 0 Å². The molecular weight excluding hydrogens is 100 g/mol. The molecule has 1 rings (SSSR count). The molecule has 2 N–H and O–H groups in total. The summed E-state index contributed by atoms with van der Waals surface area (Å²) in [7, 11) is 0. The standard InChI is InChI=1S/C6H14N2/c1-6(7)8-4-2-3-5-8/h6H,2-5,7H2,1H3/i/hD. The zero-order valence-corrected chi connectivity index (χ0v) is 5.35. The molecule has 0 aromatic heterocycles. The normalized spacial score (nSPS) is 27.9. The van der Waals surface area contributed by atoms with Crippen molar-refractivity contribution in [3.05, 3.63) is 0 Å². The summed E-state index contributed by atoms with van der Waals surface area (Å²) >= 11 is 0. The molecule has 48 valence electrons. The average molecular weight is 115 g/mol. The van der Waals surface area contributed by atoms with Crippen molar-refractivity contribution in [2.45, 2.75) is 25.9 Å². The first kappa shape index (κ1) is 4.77. The highest BCUT2D eigenvalue weighted by atomic mass is 15.2. The number of nitrogens with zero attached hydrogens (tertiary/aromatic N) is 1. The Morgan fingerprint density at radius 2 is 2.25 bits per heavy atom. The van der Waals surface area contributed by atoms with E-state index in [-0.39, 0.29) is 6.17 Å². The molecule has 0 amide bonds. The van der Waals surface area contributed by atoms with E-state index < -0.39 is 0 Å². The highest BCUT2D eigenvalue weighted by Crippen LogP contribution is 2.07. The predicted molar refractivity (Wildman–Crippen MR) is 34.5 cm³/mol. The van der Waals surface area contributed by atoms with E-state index in [0.717, 1.165) is 13.1 Å². The number of hydrogen-bond donors (Lipinski definition) is 1. The summed E-state index contributed by atoms with van der Waals surface area (Å²) < 4.78 is 6.88. The minimum atomic E-state index is 0.243. The molecule has 1 aliphatic rings. The molecule has 8 heavy (non-hydrogen) atoms. The van der Waals surface area contributed by atoms with Crippen LogP contribution in [0, 0.1) is 0 Å². The van der Waals surface area contributed by atoms with Gasteiger partial charge in [-0.05, 0) is 32.9 Å². The average Bonchev–Trinajstić information content (AvgIpc) is 2.37. The van der Waals surface area contributed by atoms with Crippen LogP contribution < -0.4 is 5.73 Å². The molecule has 1 saturated heterocycles. The van der Waals surface area contributed by atoms with Gasteiger partial charge in [-0.25, -0.2) is 0 Å². The first-order chi connectivity index (χ1) is 4.34. The number of hydrogen-bond acceptors (Lipinski definition) is 2. The molecule has 1 aliphatic heterocycles. The summed E-state index contributed by atoms with van der Waals surface area (Å²) in [6.45, 7) is 4.35. The zero-order valence-electron chi connectivity index (χ0n) is 6.35. The Balaban J connectivity index is 2.24. The van der Waals surface area contributed by atoms with Crippen LogP contribution >= 0.6 is 0 Å². The number of rotatable bonds is 2. The van der Waals surface area contributed by atoms with Gasteiger partial charge in [-0.1, -0.05) is 0 Å². The van der Waals surface area contributed by atoms with Gasteiger partial charge in [0.2, 0.25) is 0 Å². The lowest BCUT2D eigenvalue weighted by Crippen LogP contribution is -2.36. The molecule has 0 saturated carbocycles. The molecule has 1 heterocycles. The smallest absolute Gasteiger partial charge is 0.120 e. The van der Waals surface area contributed by atoms with E-state index in [9.17, 15) is 0 Å². The van der Waals surface area contributed by atoms with Crippen LogP contribution in [0.4, 0.5) is 0 Å². The highest BCUT2D eigenvalue weighted by molar-refractivity contribution is 4.67. The van der Waals surface area contributed by atoms with Crippen molar-refractivity contribution in [2.75, 3.05) is 13.1 Å². The fraction of sp³-hybridized carbons (Fsp3) is 1.00. The van der Waals surface area contributed by atoms with Crippen LogP contribution in [-0.4, -0.2) is 24.2 Å². The highest BCUT2D eigenvalue weighted by Gasteiger charge is 2.13. The first-order valence-electron chi connectivity index (χ1n) is 3.76. The molecule has 0 aliphatic carbocycles. The van der Waals surface area contributed by atoms with E-state index in [1.165, 1.54) is 12.8 Å². The van der Waals surface area contributed by atoms with Crippen LogP contribution in [0.15, 0.2) is 0 Å². The van der Waals surface area contributed by atoms with Gasteiger partial charge < -0.3 is 5.73 Å². The van der Waals surface area contributed by atoms with Gasteiger partial charge in [0.15, 0.2) is 0 Å². The van der Waals surface area contributed by atoms with Crippen LogP contribution in [0.25, 0.3) is 0 Å². The van der Waals surface area contributed by atoms with Crippen molar-refractivity contribution in [3.63, 3.8) is 0 Å². The van der Waals surface area contributed by atoms with Crippen molar-refractivity contribution in [1.29, 1.82) is 0 Å². The third-order valence-electron chi connectivity index (χ3n) is 1.69. The second-order valence-electron chi connectivity index (χ2n) is 2.42. The Hall–Kier alpha value is -0.0800. The number of likely N-dealkylation sites (tertiary alicyclic amines) is 1. The van der Waals surface area contributed by atoms with E-state index in [1.807, 2.05) is 6.92 Å². The van der Waals surface area contributed by atoms with E-state index >= 15 is 0 Å². The third-order valence-corrected chi connectivity index (χ3v) is 1.69. The summed E-state index contributed by atoms with van der Waals surface area (Å²) in [5.41, 5.74) is 2.48. The maximum atomic E-state index is 6.88. The fourth-order valence-electron chi connectivity index (χ4n) is 1.13. The van der Waals surface area contributed by atoms with Crippen LogP contribution in [0.1, 0.15) is 19.8 Å². The molecule has 2 nitrogen and oxygen atoms in total. The van der Waals surface area contributed by atoms with Gasteiger partial charge in [0.25, 0.3) is 0 Å². The molecule has 0 aromatic carbocycles. The Morgan fingerprint density at radius 3 is 2.75 bits per heavy atom. The summed E-state index contributed by atoms with van der Waals surface area (Å²) in [4.78, 5) is 2.28. The van der Waals surface area contributed by atoms with Gasteiger partial charge in [-0.3, -0.25) is 4.90 Å². The van der Waals surface area contributed by atoms with Gasteiger partial charge in [-0.2, -0.15) is 0 Å². The molecule has 0 bridgehead atoms. The van der Waals surface area contributed by atoms with Crippen LogP contribution in [0.3, 0.4) is 0 Å². The topological polar surface area (TPSA) is 29.3 Å². The minimum absolute atomic E-state index is 0.243. The zero-order chi connectivity index (χ0) is 6.69. The van der Waals surface area contributed by atoms with E-state index in [2.05, 4.69) is 10.6 Å². The third kappa shape index (κ3) is 1.20. The largest absolute Gasteiger partial charge is 0.316 e. The van der Waals surface area contributed by atoms with Gasteiger partial charge in [0, 0.05) is 0 Å². The SMILES string of the molecule is [2H]NC(C)N1CCCC1. The molecular formula is C6H14N2. The van der Waals surface area contributed by atoms with Gasteiger partial charge in [-0.15, -0.1) is 0 Å². The quantitative estimate of drug-likeness (QED) is 0.564. The summed E-state index contributed by atoms with van der Waals surface area (Å²) in [5.74, 6) is 0. The Labute approximate surface area is 52.1 Å². The fourth-order valence-corrected chi connectivity index (χ4v) is 1.13. The monoisotopic (exact) mass is 115 g/mol. The van der Waals surface area contributed by atoms with Gasteiger partial charge in [0.1, 0.15) is 1.41 Å². The maximum Gasteiger partial charge on any atom is 0.120 e. The molecule has 0 aromatic rings. The van der Waals surface area contributed by atoms with Crippen molar-refractivity contribution in [2.24, 2.45) is 5.73 Å². The molecule has 0 spiro atoms. The Morgan fingerprint density at radius 1 is 1.62 bits per heavy atom. The molecule has 0 radical (unpaired) electrons. The van der Waals surface area contributed by atoms with Crippen LogP contribution in [-0.2, 0) is 0 Å². The van der Waals surface area contributed by atoms with Crippen molar-refractivity contribution >= 4 is 0 Å². The maximum absolute atomic E-state index is 6.88. The van der Waals surface area contributed by atoms with Crippen LogP contribution in [0.5, 0.6) is 0 Å². The molecule has 1 atom stereocenters. The van der Waals surface area contributed by atoms with Crippen molar-refractivity contribution in [3.8, 4) is 0 Å². The second-order valence-corrected chi connectivity index (χ2v) is 2.42. The van der Waals surface area contributed by atoms with E-state index in [0.29, 0.717) is 0 Å². The molecule has 1 unspecified atom stereocenters. The minimum Gasteiger partial charge on any atom is -0.316 e. The second kappa shape index (κ2) is 2.46. The lowest BCUT2D eigenvalue weighted by molar-refractivity contribution is 0.265. The van der Waals surface area contributed by atoms with Crippen molar-refractivity contribution in [1.82, 2.24) is 4.90 Å². The predicted octanol–water partition coefficient (Wildman–Crippen LogP) is 0.387. The summed E-state index contributed by atoms with van der Waals surface area (Å²) in [6.07, 6.45) is 2.84. The Bertz CT molecular complexity index is 81.1. The number of nitrogens with two attached hydrogens (primary N) is 1. The lowest BCUT2D eigenvalue weighted by atomic mass is 10.4. The summed E-state index contributed by atoms with van der Waals surface area (Å²) in [5, 5.41) is 0. The Kier molecular flexibility index (Phi) is 1.47. The van der Waals surface area contributed by atoms with Gasteiger partial charge in [0.05, 0.1) is 6.17 Å². The van der Waals surface area contributed by atoms with Crippen molar-refractivity contribution < 1.29 is 1.41 Å². The van der Waals surface area contributed by atoms with Crippen LogP contribution in [0.2, 0.25) is 1.41 Å². The lowest BCUT2D eigenvalue weighted by Gasteiger charge is -2.18. The first-order valence-corrected chi connectivity index (χ1v) is 3.26. The summed E-state index contributed by atoms with van der Waals surface area (Å²) in [6, 6.07) is 0. The molecule has 2 heteroatoms.